The fourth-order valence-electron chi connectivity index (χ4n) is 3.10. The van der Waals surface area contributed by atoms with Crippen LogP contribution in [0.2, 0.25) is 10.6 Å². The van der Waals surface area contributed by atoms with Crippen LogP contribution in [0.25, 0.3) is 0 Å². The minimum absolute atomic E-state index is 0.207. The van der Waals surface area contributed by atoms with Crippen LogP contribution in [0.4, 0.5) is 0 Å². The van der Waals surface area contributed by atoms with Crippen molar-refractivity contribution in [3.05, 3.63) is 37.0 Å². The molecular formula is C17H28OSe. The number of allylic oxidation sites excluding steroid dienone is 3. The van der Waals surface area contributed by atoms with Gasteiger partial charge in [-0.15, -0.1) is 0 Å². The Bertz CT molecular complexity index is 347. The van der Waals surface area contributed by atoms with E-state index in [-0.39, 0.29) is 5.41 Å². The van der Waals surface area contributed by atoms with Gasteiger partial charge in [0.1, 0.15) is 0 Å². The maximum absolute atomic E-state index is 8.87. The number of hydrogen-bond donors (Lipinski definition) is 1. The predicted molar refractivity (Wildman–Crippen MR) is 85.5 cm³/mol. The van der Waals surface area contributed by atoms with Gasteiger partial charge in [0.25, 0.3) is 0 Å². The molecule has 1 N–H and O–H groups in total. The quantitative estimate of drug-likeness (QED) is 0.421. The Labute approximate surface area is 125 Å². The van der Waals surface area contributed by atoms with Gasteiger partial charge in [-0.1, -0.05) is 0 Å². The number of aliphatic hydroxyl groups is 1. The molecule has 1 nitrogen and oxygen atoms in total. The Hall–Kier alpha value is -0.301. The molecule has 0 aromatic rings. The molecule has 108 valence electrons. The van der Waals surface area contributed by atoms with Crippen molar-refractivity contribution in [2.75, 3.05) is 6.61 Å². The molecular weight excluding hydrogens is 299 g/mol. The zero-order valence-corrected chi connectivity index (χ0v) is 14.2. The third kappa shape index (κ3) is 4.34. The third-order valence-corrected chi connectivity index (χ3v) is 6.70. The van der Waals surface area contributed by atoms with Gasteiger partial charge in [-0.3, -0.25) is 0 Å². The molecule has 0 heterocycles. The third-order valence-electron chi connectivity index (χ3n) is 4.51. The maximum atomic E-state index is 8.87. The number of hydrogen-bond acceptors (Lipinski definition) is 1. The summed E-state index contributed by atoms with van der Waals surface area (Å²) in [4.78, 5) is 0. The van der Waals surface area contributed by atoms with Gasteiger partial charge in [-0.05, 0) is 0 Å². The van der Waals surface area contributed by atoms with Crippen LogP contribution < -0.4 is 0 Å². The molecule has 1 aliphatic carbocycles. The summed E-state index contributed by atoms with van der Waals surface area (Å²) >= 11 is 0.518. The van der Waals surface area contributed by atoms with Gasteiger partial charge in [-0.25, -0.2) is 0 Å². The van der Waals surface area contributed by atoms with E-state index < -0.39 is 0 Å². The average Bonchev–Trinajstić information content (AvgIpc) is 2.39. The first-order valence-corrected chi connectivity index (χ1v) is 9.52. The van der Waals surface area contributed by atoms with Crippen LogP contribution in [0.5, 0.6) is 0 Å². The number of aliphatic hydroxyl groups excluding tert-OH is 1. The molecule has 3 atom stereocenters. The van der Waals surface area contributed by atoms with Crippen molar-refractivity contribution >= 4 is 15.0 Å². The van der Waals surface area contributed by atoms with Crippen LogP contribution >= 0.6 is 0 Å². The van der Waals surface area contributed by atoms with Gasteiger partial charge in [-0.2, -0.15) is 0 Å². The molecule has 0 bridgehead atoms. The van der Waals surface area contributed by atoms with E-state index in [0.29, 0.717) is 33.4 Å². The first-order chi connectivity index (χ1) is 8.94. The first kappa shape index (κ1) is 16.8. The fraction of sp³-hybridized carbons (Fsp3) is 0.647. The number of rotatable bonds is 7. The second kappa shape index (κ2) is 7.47. The van der Waals surface area contributed by atoms with Crippen LogP contribution in [0.1, 0.15) is 33.1 Å². The van der Waals surface area contributed by atoms with Gasteiger partial charge >= 0.3 is 125 Å². The zero-order chi connectivity index (χ0) is 14.5. The van der Waals surface area contributed by atoms with Crippen molar-refractivity contribution in [1.29, 1.82) is 0 Å². The average molecular weight is 327 g/mol. The van der Waals surface area contributed by atoms with E-state index in [1.165, 1.54) is 30.4 Å². The van der Waals surface area contributed by atoms with Crippen LogP contribution in [-0.2, 0) is 0 Å². The van der Waals surface area contributed by atoms with Crippen LogP contribution in [0.15, 0.2) is 37.0 Å². The van der Waals surface area contributed by atoms with E-state index in [0.717, 1.165) is 10.6 Å². The summed E-state index contributed by atoms with van der Waals surface area (Å²) in [5.74, 6) is 1.17. The van der Waals surface area contributed by atoms with E-state index in [4.69, 9.17) is 5.11 Å². The molecule has 0 amide bonds. The van der Waals surface area contributed by atoms with Crippen LogP contribution in [-0.4, -0.2) is 26.7 Å². The molecule has 0 aromatic carbocycles. The Morgan fingerprint density at radius 1 is 1.47 bits per heavy atom. The molecule has 2 heteroatoms. The summed E-state index contributed by atoms with van der Waals surface area (Å²) in [5, 5.41) is 10.9. The van der Waals surface area contributed by atoms with Crippen molar-refractivity contribution in [1.82, 2.24) is 0 Å². The second-order valence-electron chi connectivity index (χ2n) is 6.01. The SMILES string of the molecule is C=CC1(C)CCC(C(=C)C[Se]CCO)CC1C(=C)C. The van der Waals surface area contributed by atoms with Crippen LogP contribution in [0.3, 0.4) is 0 Å². The van der Waals surface area contributed by atoms with Gasteiger partial charge in [0.05, 0.1) is 0 Å². The van der Waals surface area contributed by atoms with Crippen LogP contribution in [0, 0.1) is 17.3 Å². The Morgan fingerprint density at radius 3 is 2.68 bits per heavy atom. The summed E-state index contributed by atoms with van der Waals surface area (Å²) in [5.41, 5.74) is 2.88. The van der Waals surface area contributed by atoms with Crippen molar-refractivity contribution in [2.24, 2.45) is 17.3 Å². The van der Waals surface area contributed by atoms with E-state index in [1.807, 2.05) is 0 Å². The van der Waals surface area contributed by atoms with Crippen molar-refractivity contribution < 1.29 is 5.11 Å². The Balaban J connectivity index is 2.64. The minimum atomic E-state index is 0.207. The standard InChI is InChI=1S/C17H28OSe/c1-6-17(5)8-7-15(11-16(17)13(2)3)14(4)12-19-10-9-18/h6,15-16,18H,1-2,4,7-12H2,3,5H3. The Kier molecular flexibility index (Phi) is 6.59. The first-order valence-electron chi connectivity index (χ1n) is 7.10. The molecule has 1 aliphatic rings. The Morgan fingerprint density at radius 2 is 2.16 bits per heavy atom. The summed E-state index contributed by atoms with van der Waals surface area (Å²) < 4.78 is 0. The van der Waals surface area contributed by atoms with Gasteiger partial charge < -0.3 is 0 Å². The van der Waals surface area contributed by atoms with E-state index in [9.17, 15) is 0 Å². The topological polar surface area (TPSA) is 20.2 Å². The molecule has 0 radical (unpaired) electrons. The van der Waals surface area contributed by atoms with E-state index in [1.54, 1.807) is 0 Å². The van der Waals surface area contributed by atoms with E-state index >= 15 is 0 Å². The molecule has 19 heavy (non-hydrogen) atoms. The molecule has 1 saturated carbocycles. The molecule has 0 spiro atoms. The zero-order valence-electron chi connectivity index (χ0n) is 12.5. The molecule has 0 aromatic heterocycles. The summed E-state index contributed by atoms with van der Waals surface area (Å²) in [6.07, 6.45) is 5.71. The fourth-order valence-corrected chi connectivity index (χ4v) is 4.71. The monoisotopic (exact) mass is 328 g/mol. The van der Waals surface area contributed by atoms with Gasteiger partial charge in [0, 0.05) is 0 Å². The molecule has 0 saturated heterocycles. The second-order valence-corrected chi connectivity index (χ2v) is 8.33. The predicted octanol–water partition coefficient (Wildman–Crippen LogP) is 4.26. The molecule has 3 unspecified atom stereocenters. The van der Waals surface area contributed by atoms with Crippen molar-refractivity contribution in [2.45, 2.75) is 43.7 Å². The van der Waals surface area contributed by atoms with Gasteiger partial charge in [0.15, 0.2) is 0 Å². The van der Waals surface area contributed by atoms with Gasteiger partial charge in [0.2, 0.25) is 0 Å². The summed E-state index contributed by atoms with van der Waals surface area (Å²) in [6.45, 7) is 17.3. The summed E-state index contributed by atoms with van der Waals surface area (Å²) in [6, 6.07) is 0. The summed E-state index contributed by atoms with van der Waals surface area (Å²) in [7, 11) is 0. The molecule has 0 aliphatic heterocycles. The van der Waals surface area contributed by atoms with E-state index in [2.05, 4.69) is 39.7 Å². The van der Waals surface area contributed by atoms with Crippen molar-refractivity contribution in [3.8, 4) is 0 Å². The normalized spacial score (nSPS) is 30.9. The molecule has 1 rings (SSSR count). The molecule has 1 fully saturated rings. The van der Waals surface area contributed by atoms with Crippen molar-refractivity contribution in [3.63, 3.8) is 0 Å².